The third kappa shape index (κ3) is 3.82. The van der Waals surface area contributed by atoms with E-state index in [-0.39, 0.29) is 11.5 Å². The monoisotopic (exact) mass is 329 g/mol. The van der Waals surface area contributed by atoms with E-state index in [0.29, 0.717) is 48.6 Å². The first-order chi connectivity index (χ1) is 11.6. The van der Waals surface area contributed by atoms with Crippen LogP contribution in [-0.2, 0) is 16.1 Å². The van der Waals surface area contributed by atoms with Gasteiger partial charge in [0.2, 0.25) is 5.91 Å². The number of para-hydroxylation sites is 1. The van der Waals surface area contributed by atoms with Gasteiger partial charge in [0.05, 0.1) is 17.5 Å². The molecule has 0 spiro atoms. The predicted molar refractivity (Wildman–Crippen MR) is 91.9 cm³/mol. The molecular weight excluding hydrogens is 306 g/mol. The minimum absolute atomic E-state index is 0.0290. The Morgan fingerprint density at radius 2 is 2.25 bits per heavy atom. The molecule has 1 aliphatic rings. The Bertz CT molecular complexity index is 779. The van der Waals surface area contributed by atoms with Crippen molar-refractivity contribution in [2.45, 2.75) is 32.7 Å². The Balaban J connectivity index is 1.55. The molecule has 1 amide bonds. The fourth-order valence-corrected chi connectivity index (χ4v) is 3.03. The molecule has 6 heteroatoms. The highest BCUT2D eigenvalue weighted by atomic mass is 16.5. The van der Waals surface area contributed by atoms with Crippen molar-refractivity contribution in [2.75, 3.05) is 19.8 Å². The summed E-state index contributed by atoms with van der Waals surface area (Å²) < 4.78 is 6.95. The summed E-state index contributed by atoms with van der Waals surface area (Å²) in [6.07, 6.45) is 2.04. The van der Waals surface area contributed by atoms with Crippen molar-refractivity contribution >= 4 is 16.8 Å². The molecule has 2 heterocycles. The second-order valence-electron chi connectivity index (χ2n) is 6.27. The number of ether oxygens (including phenoxy) is 1. The van der Waals surface area contributed by atoms with Gasteiger partial charge in [-0.1, -0.05) is 12.1 Å². The molecule has 128 valence electrons. The maximum absolute atomic E-state index is 12.5. The molecule has 1 aromatic carbocycles. The predicted octanol–water partition coefficient (Wildman–Crippen LogP) is 1.64. The van der Waals surface area contributed by atoms with Crippen molar-refractivity contribution in [1.82, 2.24) is 14.9 Å². The van der Waals surface area contributed by atoms with Crippen LogP contribution in [0.15, 0.2) is 29.1 Å². The van der Waals surface area contributed by atoms with Gasteiger partial charge in [0.1, 0.15) is 5.82 Å². The van der Waals surface area contributed by atoms with Crippen LogP contribution in [-0.4, -0.2) is 35.2 Å². The molecule has 1 atom stereocenters. The number of amides is 1. The fourth-order valence-electron chi connectivity index (χ4n) is 3.03. The van der Waals surface area contributed by atoms with E-state index in [1.54, 1.807) is 10.6 Å². The van der Waals surface area contributed by atoms with Gasteiger partial charge < -0.3 is 10.1 Å². The van der Waals surface area contributed by atoms with Gasteiger partial charge in [-0.25, -0.2) is 4.98 Å². The molecule has 3 rings (SSSR count). The molecule has 24 heavy (non-hydrogen) atoms. The summed E-state index contributed by atoms with van der Waals surface area (Å²) in [5.41, 5.74) is 0.675. The van der Waals surface area contributed by atoms with E-state index in [1.807, 2.05) is 25.1 Å². The highest BCUT2D eigenvalue weighted by molar-refractivity contribution is 5.77. The Morgan fingerprint density at radius 1 is 1.42 bits per heavy atom. The number of hydrogen-bond donors (Lipinski definition) is 1. The topological polar surface area (TPSA) is 73.2 Å². The number of nitrogens with one attached hydrogen (secondary N) is 1. The number of nitrogens with zero attached hydrogens (tertiary/aromatic N) is 2. The third-order valence-electron chi connectivity index (χ3n) is 4.45. The van der Waals surface area contributed by atoms with Crippen LogP contribution in [0.1, 0.15) is 25.1 Å². The van der Waals surface area contributed by atoms with Gasteiger partial charge >= 0.3 is 0 Å². The Labute approximate surface area is 140 Å². The number of carbonyl (C=O) groups is 1. The van der Waals surface area contributed by atoms with Crippen LogP contribution in [0.25, 0.3) is 10.9 Å². The number of rotatable bonds is 6. The largest absolute Gasteiger partial charge is 0.381 e. The normalized spacial score (nSPS) is 17.3. The maximum Gasteiger partial charge on any atom is 0.261 e. The average Bonchev–Trinajstić information content (AvgIpc) is 3.09. The second-order valence-corrected chi connectivity index (χ2v) is 6.27. The highest BCUT2D eigenvalue weighted by Crippen LogP contribution is 2.11. The van der Waals surface area contributed by atoms with Crippen molar-refractivity contribution < 1.29 is 9.53 Å². The first kappa shape index (κ1) is 16.6. The van der Waals surface area contributed by atoms with Gasteiger partial charge in [-0.05, 0) is 31.9 Å². The van der Waals surface area contributed by atoms with Crippen LogP contribution in [0.5, 0.6) is 0 Å². The van der Waals surface area contributed by atoms with E-state index >= 15 is 0 Å². The summed E-state index contributed by atoms with van der Waals surface area (Å²) in [6, 6.07) is 7.34. The first-order valence-corrected chi connectivity index (χ1v) is 8.46. The van der Waals surface area contributed by atoms with E-state index in [2.05, 4.69) is 10.3 Å². The lowest BCUT2D eigenvalue weighted by molar-refractivity contribution is -0.121. The van der Waals surface area contributed by atoms with Crippen molar-refractivity contribution in [3.05, 3.63) is 40.4 Å². The molecule has 0 aliphatic carbocycles. The molecule has 1 fully saturated rings. The Morgan fingerprint density at radius 3 is 3.04 bits per heavy atom. The van der Waals surface area contributed by atoms with Crippen LogP contribution >= 0.6 is 0 Å². The third-order valence-corrected chi connectivity index (χ3v) is 4.45. The van der Waals surface area contributed by atoms with Gasteiger partial charge in [0, 0.05) is 32.0 Å². The molecule has 2 aromatic rings. The van der Waals surface area contributed by atoms with Crippen LogP contribution in [0, 0.1) is 12.8 Å². The standard InChI is InChI=1S/C18H23N3O3/c1-13-20-16-6-3-2-5-15(16)18(23)21(13)9-4-7-17(22)19-11-14-8-10-24-12-14/h2-3,5-6,14H,4,7-12H2,1H3,(H,19,22). The first-order valence-electron chi connectivity index (χ1n) is 8.46. The molecule has 0 bridgehead atoms. The maximum atomic E-state index is 12.5. The Hall–Kier alpha value is -2.21. The van der Waals surface area contributed by atoms with Crippen molar-refractivity contribution in [3.63, 3.8) is 0 Å². The number of hydrogen-bond acceptors (Lipinski definition) is 4. The highest BCUT2D eigenvalue weighted by Gasteiger charge is 2.16. The molecule has 1 aromatic heterocycles. The van der Waals surface area contributed by atoms with Crippen molar-refractivity contribution in [2.24, 2.45) is 5.92 Å². The van der Waals surface area contributed by atoms with E-state index < -0.39 is 0 Å². The van der Waals surface area contributed by atoms with E-state index in [0.717, 1.165) is 19.6 Å². The van der Waals surface area contributed by atoms with Gasteiger partial charge in [-0.3, -0.25) is 14.2 Å². The summed E-state index contributed by atoms with van der Waals surface area (Å²) in [4.78, 5) is 28.9. The van der Waals surface area contributed by atoms with Gasteiger partial charge in [-0.15, -0.1) is 0 Å². The van der Waals surface area contributed by atoms with Gasteiger partial charge in [0.25, 0.3) is 5.56 Å². The molecule has 1 saturated heterocycles. The van der Waals surface area contributed by atoms with E-state index in [9.17, 15) is 9.59 Å². The number of aryl methyl sites for hydroxylation is 1. The van der Waals surface area contributed by atoms with Crippen LogP contribution in [0.2, 0.25) is 0 Å². The van der Waals surface area contributed by atoms with Gasteiger partial charge in [0.15, 0.2) is 0 Å². The summed E-state index contributed by atoms with van der Waals surface area (Å²) in [6.45, 7) is 4.53. The zero-order chi connectivity index (χ0) is 16.9. The molecular formula is C18H23N3O3. The average molecular weight is 329 g/mol. The number of aromatic nitrogens is 2. The fraction of sp³-hybridized carbons (Fsp3) is 0.500. The van der Waals surface area contributed by atoms with Crippen LogP contribution < -0.4 is 10.9 Å². The molecule has 1 unspecified atom stereocenters. The summed E-state index contributed by atoms with van der Waals surface area (Å²) in [5.74, 6) is 1.15. The Kier molecular flexibility index (Phi) is 5.25. The molecule has 1 aliphatic heterocycles. The minimum Gasteiger partial charge on any atom is -0.381 e. The molecule has 1 N–H and O–H groups in total. The zero-order valence-electron chi connectivity index (χ0n) is 14.0. The summed E-state index contributed by atoms with van der Waals surface area (Å²) in [5, 5.41) is 3.57. The van der Waals surface area contributed by atoms with Crippen molar-refractivity contribution in [1.29, 1.82) is 0 Å². The summed E-state index contributed by atoms with van der Waals surface area (Å²) in [7, 11) is 0. The summed E-state index contributed by atoms with van der Waals surface area (Å²) >= 11 is 0. The molecule has 0 saturated carbocycles. The lowest BCUT2D eigenvalue weighted by atomic mass is 10.1. The quantitative estimate of drug-likeness (QED) is 0.874. The SMILES string of the molecule is Cc1nc2ccccc2c(=O)n1CCCC(=O)NCC1CCOC1. The number of carbonyl (C=O) groups excluding carboxylic acids is 1. The van der Waals surface area contributed by atoms with Crippen molar-refractivity contribution in [3.8, 4) is 0 Å². The van der Waals surface area contributed by atoms with E-state index in [4.69, 9.17) is 4.74 Å². The lowest BCUT2D eigenvalue weighted by Crippen LogP contribution is -2.30. The second kappa shape index (κ2) is 7.57. The van der Waals surface area contributed by atoms with Gasteiger partial charge in [-0.2, -0.15) is 0 Å². The molecule has 0 radical (unpaired) electrons. The molecule has 6 nitrogen and oxygen atoms in total. The van der Waals surface area contributed by atoms with Crippen LogP contribution in [0.4, 0.5) is 0 Å². The number of fused-ring (bicyclic) bond motifs is 1. The van der Waals surface area contributed by atoms with E-state index in [1.165, 1.54) is 0 Å². The lowest BCUT2D eigenvalue weighted by Gasteiger charge is -2.12. The minimum atomic E-state index is -0.0402. The smallest absolute Gasteiger partial charge is 0.261 e. The number of benzene rings is 1. The zero-order valence-corrected chi connectivity index (χ0v) is 14.0. The van der Waals surface area contributed by atoms with Crippen LogP contribution in [0.3, 0.4) is 0 Å².